The first kappa shape index (κ1) is 16.1. The van der Waals surface area contributed by atoms with Gasteiger partial charge in [-0.05, 0) is 49.4 Å². The molecular formula is C17H16ClN3O3. The van der Waals surface area contributed by atoms with Crippen LogP contribution in [0.3, 0.4) is 0 Å². The zero-order chi connectivity index (χ0) is 17.3. The number of ether oxygens (including phenoxy) is 1. The van der Waals surface area contributed by atoms with Crippen LogP contribution in [-0.4, -0.2) is 24.0 Å². The van der Waals surface area contributed by atoms with E-state index in [1.807, 2.05) is 19.2 Å². The topological polar surface area (TPSA) is 81.6 Å². The monoisotopic (exact) mass is 345 g/mol. The van der Waals surface area contributed by atoms with Crippen LogP contribution in [0.4, 0.5) is 11.7 Å². The number of carbonyl (C=O) groups is 1. The van der Waals surface area contributed by atoms with E-state index >= 15 is 0 Å². The number of primary amides is 1. The van der Waals surface area contributed by atoms with Crippen LogP contribution in [0.15, 0.2) is 46.9 Å². The molecule has 7 heteroatoms. The summed E-state index contributed by atoms with van der Waals surface area (Å²) in [6.07, 6.45) is -0.685. The summed E-state index contributed by atoms with van der Waals surface area (Å²) in [5.41, 5.74) is 7.39. The molecule has 0 aliphatic heterocycles. The third-order valence-corrected chi connectivity index (χ3v) is 3.80. The third-order valence-electron chi connectivity index (χ3n) is 3.56. The van der Waals surface area contributed by atoms with Crippen molar-refractivity contribution in [1.82, 2.24) is 4.98 Å². The minimum atomic E-state index is -0.685. The number of amides is 1. The lowest BCUT2D eigenvalue weighted by Gasteiger charge is -2.16. The molecule has 1 atom stereocenters. The van der Waals surface area contributed by atoms with Gasteiger partial charge in [-0.3, -0.25) is 9.69 Å². The largest absolute Gasteiger partial charge is 0.481 e. The highest BCUT2D eigenvalue weighted by Crippen LogP contribution is 2.29. The first-order valence-electron chi connectivity index (χ1n) is 7.30. The fourth-order valence-corrected chi connectivity index (χ4v) is 2.32. The molecule has 1 heterocycles. The molecule has 124 valence electrons. The Bertz CT molecular complexity index is 876. The van der Waals surface area contributed by atoms with Gasteiger partial charge in [0.15, 0.2) is 11.7 Å². The Hall–Kier alpha value is -2.73. The van der Waals surface area contributed by atoms with Gasteiger partial charge in [0.05, 0.1) is 0 Å². The summed E-state index contributed by atoms with van der Waals surface area (Å²) in [4.78, 5) is 17.3. The van der Waals surface area contributed by atoms with Crippen molar-refractivity contribution in [2.75, 3.05) is 11.9 Å². The lowest BCUT2D eigenvalue weighted by Crippen LogP contribution is -2.30. The summed E-state index contributed by atoms with van der Waals surface area (Å²) in [5.74, 6) is 0.0455. The van der Waals surface area contributed by atoms with Crippen LogP contribution in [-0.2, 0) is 4.79 Å². The lowest BCUT2D eigenvalue weighted by atomic mass is 10.3. The van der Waals surface area contributed by atoms with Crippen molar-refractivity contribution in [3.05, 3.63) is 47.5 Å². The molecular weight excluding hydrogens is 330 g/mol. The number of halogens is 1. The molecule has 1 unspecified atom stereocenters. The van der Waals surface area contributed by atoms with Gasteiger partial charge >= 0.3 is 6.01 Å². The van der Waals surface area contributed by atoms with Gasteiger partial charge in [0, 0.05) is 17.8 Å². The summed E-state index contributed by atoms with van der Waals surface area (Å²) in [6, 6.07) is 12.9. The Labute approximate surface area is 143 Å². The van der Waals surface area contributed by atoms with E-state index < -0.39 is 12.0 Å². The number of hydrogen-bond donors (Lipinski definition) is 1. The van der Waals surface area contributed by atoms with E-state index in [0.717, 1.165) is 5.69 Å². The molecule has 0 bridgehead atoms. The highest BCUT2D eigenvalue weighted by atomic mass is 35.5. The van der Waals surface area contributed by atoms with E-state index in [9.17, 15) is 4.79 Å². The van der Waals surface area contributed by atoms with E-state index in [0.29, 0.717) is 27.9 Å². The second-order valence-corrected chi connectivity index (χ2v) is 5.76. The van der Waals surface area contributed by atoms with Gasteiger partial charge in [0.25, 0.3) is 5.91 Å². The van der Waals surface area contributed by atoms with Gasteiger partial charge in [-0.2, -0.15) is 4.98 Å². The molecule has 1 aromatic heterocycles. The molecule has 3 rings (SSSR count). The van der Waals surface area contributed by atoms with Gasteiger partial charge < -0.3 is 14.9 Å². The molecule has 1 amide bonds. The minimum absolute atomic E-state index is 0.450. The number of oxazole rings is 1. The summed E-state index contributed by atoms with van der Waals surface area (Å²) in [6.45, 7) is 1.60. The van der Waals surface area contributed by atoms with Gasteiger partial charge in [0.1, 0.15) is 11.3 Å². The van der Waals surface area contributed by atoms with Crippen LogP contribution in [0.5, 0.6) is 5.75 Å². The van der Waals surface area contributed by atoms with E-state index in [1.54, 1.807) is 42.2 Å². The zero-order valence-corrected chi connectivity index (χ0v) is 13.9. The van der Waals surface area contributed by atoms with Gasteiger partial charge in [-0.1, -0.05) is 11.6 Å². The number of hydrogen-bond acceptors (Lipinski definition) is 5. The molecule has 0 spiro atoms. The first-order valence-corrected chi connectivity index (χ1v) is 7.67. The number of nitrogens with zero attached hydrogens (tertiary/aromatic N) is 2. The van der Waals surface area contributed by atoms with Crippen molar-refractivity contribution in [1.29, 1.82) is 0 Å². The molecule has 24 heavy (non-hydrogen) atoms. The molecule has 0 aliphatic rings. The van der Waals surface area contributed by atoms with E-state index in [2.05, 4.69) is 4.98 Å². The molecule has 2 aromatic carbocycles. The van der Waals surface area contributed by atoms with Crippen LogP contribution in [0.1, 0.15) is 6.92 Å². The third kappa shape index (κ3) is 3.28. The summed E-state index contributed by atoms with van der Waals surface area (Å²) >= 11 is 5.96. The molecule has 3 aromatic rings. The normalized spacial score (nSPS) is 12.1. The standard InChI is InChI=1S/C17H16ClN3O3/c1-10(16(19)22)23-13-6-4-12(5-7-13)21(2)17-20-14-9-11(18)3-8-15(14)24-17/h3-10H,1-2H3,(H2,19,22). The van der Waals surface area contributed by atoms with E-state index in [-0.39, 0.29) is 0 Å². The Morgan fingerprint density at radius 2 is 2.00 bits per heavy atom. The average molecular weight is 346 g/mol. The van der Waals surface area contributed by atoms with Crippen molar-refractivity contribution in [3.8, 4) is 5.75 Å². The highest BCUT2D eigenvalue weighted by molar-refractivity contribution is 6.31. The molecule has 2 N–H and O–H groups in total. The Morgan fingerprint density at radius 3 is 2.67 bits per heavy atom. The van der Waals surface area contributed by atoms with Crippen molar-refractivity contribution in [2.24, 2.45) is 5.73 Å². The molecule has 6 nitrogen and oxygen atoms in total. The number of aromatic nitrogens is 1. The van der Waals surface area contributed by atoms with Gasteiger partial charge in [0.2, 0.25) is 0 Å². The zero-order valence-electron chi connectivity index (χ0n) is 13.2. The maximum Gasteiger partial charge on any atom is 0.302 e. The van der Waals surface area contributed by atoms with Crippen molar-refractivity contribution in [3.63, 3.8) is 0 Å². The number of anilines is 2. The Balaban J connectivity index is 1.81. The van der Waals surface area contributed by atoms with Crippen molar-refractivity contribution < 1.29 is 13.9 Å². The predicted molar refractivity (Wildman–Crippen MR) is 92.8 cm³/mol. The summed E-state index contributed by atoms with van der Waals surface area (Å²) < 4.78 is 11.2. The van der Waals surface area contributed by atoms with Crippen LogP contribution in [0, 0.1) is 0 Å². The Kier molecular flexibility index (Phi) is 4.31. The molecule has 0 fully saturated rings. The molecule has 0 saturated heterocycles. The van der Waals surface area contributed by atoms with Gasteiger partial charge in [-0.25, -0.2) is 0 Å². The molecule has 0 radical (unpaired) electrons. The predicted octanol–water partition coefficient (Wildman–Crippen LogP) is 3.50. The average Bonchev–Trinajstić information content (AvgIpc) is 2.97. The number of benzene rings is 2. The van der Waals surface area contributed by atoms with Crippen molar-refractivity contribution >= 4 is 40.3 Å². The maximum absolute atomic E-state index is 11.0. The highest BCUT2D eigenvalue weighted by Gasteiger charge is 2.14. The van der Waals surface area contributed by atoms with E-state index in [4.69, 9.17) is 26.5 Å². The van der Waals surface area contributed by atoms with Crippen molar-refractivity contribution in [2.45, 2.75) is 13.0 Å². The Morgan fingerprint density at radius 1 is 1.29 bits per heavy atom. The number of nitrogens with two attached hydrogens (primary N) is 1. The van der Waals surface area contributed by atoms with Gasteiger partial charge in [-0.15, -0.1) is 0 Å². The van der Waals surface area contributed by atoms with Crippen LogP contribution in [0.25, 0.3) is 11.1 Å². The first-order chi connectivity index (χ1) is 11.4. The molecule has 0 saturated carbocycles. The van der Waals surface area contributed by atoms with Crippen LogP contribution >= 0.6 is 11.6 Å². The maximum atomic E-state index is 11.0. The van der Waals surface area contributed by atoms with Crippen LogP contribution < -0.4 is 15.4 Å². The van der Waals surface area contributed by atoms with Crippen LogP contribution in [0.2, 0.25) is 5.02 Å². The summed E-state index contributed by atoms with van der Waals surface area (Å²) in [5, 5.41) is 0.607. The number of rotatable bonds is 5. The second-order valence-electron chi connectivity index (χ2n) is 5.32. The fourth-order valence-electron chi connectivity index (χ4n) is 2.15. The minimum Gasteiger partial charge on any atom is -0.481 e. The molecule has 0 aliphatic carbocycles. The van der Waals surface area contributed by atoms with E-state index in [1.165, 1.54) is 0 Å². The number of fused-ring (bicyclic) bond motifs is 1. The quantitative estimate of drug-likeness (QED) is 0.765. The fraction of sp³-hybridized carbons (Fsp3) is 0.176. The SMILES string of the molecule is CC(Oc1ccc(N(C)c2nc3cc(Cl)ccc3o2)cc1)C(N)=O. The smallest absolute Gasteiger partial charge is 0.302 e. The number of carbonyl (C=O) groups excluding carboxylic acids is 1. The lowest BCUT2D eigenvalue weighted by molar-refractivity contribution is -0.123. The summed E-state index contributed by atoms with van der Waals surface area (Å²) in [7, 11) is 1.84. The second kappa shape index (κ2) is 6.41.